The first-order valence-electron chi connectivity index (χ1n) is 14.6. The fourth-order valence-electron chi connectivity index (χ4n) is 7.12. The van der Waals surface area contributed by atoms with Gasteiger partial charge in [0.2, 0.25) is 15.9 Å². The van der Waals surface area contributed by atoms with Gasteiger partial charge in [0.05, 0.1) is 16.3 Å². The molecule has 0 spiro atoms. The third-order valence-electron chi connectivity index (χ3n) is 9.33. The molecule has 42 heavy (non-hydrogen) atoms. The van der Waals surface area contributed by atoms with Crippen molar-refractivity contribution in [2.75, 3.05) is 45.1 Å². The van der Waals surface area contributed by atoms with Gasteiger partial charge in [0.1, 0.15) is 16.8 Å². The second-order valence-corrected chi connectivity index (χ2v) is 13.6. The molecule has 4 fully saturated rings. The molecule has 5 rings (SSSR count). The van der Waals surface area contributed by atoms with Crippen LogP contribution in [-0.4, -0.2) is 97.5 Å². The van der Waals surface area contributed by atoms with E-state index in [9.17, 15) is 36.1 Å². The van der Waals surface area contributed by atoms with Gasteiger partial charge in [0.15, 0.2) is 0 Å². The van der Waals surface area contributed by atoms with Crippen LogP contribution in [0.15, 0.2) is 29.2 Å². The highest BCUT2D eigenvalue weighted by Crippen LogP contribution is 2.46. The summed E-state index contributed by atoms with van der Waals surface area (Å²) in [4.78, 5) is 39.5. The average molecular weight is 616 g/mol. The van der Waals surface area contributed by atoms with Gasteiger partial charge in [-0.15, -0.1) is 5.01 Å². The highest BCUT2D eigenvalue weighted by Gasteiger charge is 2.71. The lowest BCUT2D eigenvalue weighted by Crippen LogP contribution is -2.51. The molecular formula is C27H38F3N6O5S+. The minimum Gasteiger partial charge on any atom is -0.342 e. The number of alkyl halides is 3. The van der Waals surface area contributed by atoms with Gasteiger partial charge in [-0.05, 0) is 81.0 Å². The van der Waals surface area contributed by atoms with Crippen molar-refractivity contribution < 1.29 is 36.0 Å². The summed E-state index contributed by atoms with van der Waals surface area (Å²) in [5, 5.41) is 6.21. The normalized spacial score (nSPS) is 28.0. The molecule has 4 unspecified atom stereocenters. The van der Waals surface area contributed by atoms with Crippen LogP contribution in [0.2, 0.25) is 0 Å². The third-order valence-corrected chi connectivity index (χ3v) is 11.2. The molecule has 4 aliphatic rings. The maximum absolute atomic E-state index is 14.1. The quantitative estimate of drug-likeness (QED) is 0.491. The second-order valence-electron chi connectivity index (χ2n) is 11.7. The molecule has 0 saturated carbocycles. The highest BCUT2D eigenvalue weighted by atomic mass is 32.2. The van der Waals surface area contributed by atoms with Gasteiger partial charge in [0, 0.05) is 38.9 Å². The number of likely N-dealkylation sites (tertiary alicyclic amines) is 1. The predicted molar refractivity (Wildman–Crippen MR) is 147 cm³/mol. The van der Waals surface area contributed by atoms with Crippen LogP contribution in [-0.2, 0) is 14.8 Å². The summed E-state index contributed by atoms with van der Waals surface area (Å²) < 4.78 is 70.4. The lowest BCUT2D eigenvalue weighted by molar-refractivity contribution is -0.735. The average Bonchev–Trinajstić information content (AvgIpc) is 3.29. The van der Waals surface area contributed by atoms with Crippen molar-refractivity contribution in [2.24, 2.45) is 17.8 Å². The van der Waals surface area contributed by atoms with Crippen molar-refractivity contribution in [1.82, 2.24) is 19.5 Å². The zero-order valence-electron chi connectivity index (χ0n) is 23.6. The van der Waals surface area contributed by atoms with Crippen molar-refractivity contribution in [1.29, 1.82) is 0 Å². The van der Waals surface area contributed by atoms with E-state index < -0.39 is 46.1 Å². The summed E-state index contributed by atoms with van der Waals surface area (Å²) in [6, 6.07) is 2.27. The molecule has 15 heteroatoms. The summed E-state index contributed by atoms with van der Waals surface area (Å²) in [7, 11) is -2.30. The van der Waals surface area contributed by atoms with Gasteiger partial charge < -0.3 is 15.5 Å². The standard InChI is InChI=1S/C27H37F3N6O5S/c1-31-26(38)32-20-5-7-21(8-6-20)42(40,41)34-14-9-18(10-15-34)19-11-16-35-22(17-19)23(24(36(35)39)27(28,29)30)25(37)33-12-3-2-4-13-33/h5-8,18-19,22-24H,2-4,9-17H2,1H3,(H-,31,32,38)/p+1. The number of piperidine rings is 3. The number of amides is 3. The Morgan fingerprint density at radius 2 is 1.55 bits per heavy atom. The molecule has 2 N–H and O–H groups in total. The largest absolute Gasteiger partial charge is 0.460 e. The Balaban J connectivity index is 1.25. The molecule has 0 aromatic heterocycles. The van der Waals surface area contributed by atoms with Crippen LogP contribution in [0.5, 0.6) is 0 Å². The number of carbonyl (C=O) groups is 2. The lowest BCUT2D eigenvalue weighted by Gasteiger charge is -2.40. The Morgan fingerprint density at radius 3 is 2.14 bits per heavy atom. The van der Waals surface area contributed by atoms with Gasteiger partial charge in [-0.1, -0.05) is 0 Å². The van der Waals surface area contributed by atoms with Gasteiger partial charge >= 0.3 is 18.2 Å². The van der Waals surface area contributed by atoms with Gasteiger partial charge in [-0.2, -0.15) is 17.5 Å². The van der Waals surface area contributed by atoms with Crippen LogP contribution in [0, 0.1) is 22.7 Å². The van der Waals surface area contributed by atoms with Crippen molar-refractivity contribution in [3.8, 4) is 0 Å². The summed E-state index contributed by atoms with van der Waals surface area (Å²) >= 11 is 0. The van der Waals surface area contributed by atoms with E-state index in [1.54, 1.807) is 0 Å². The number of halogens is 3. The number of urea groups is 1. The van der Waals surface area contributed by atoms with E-state index >= 15 is 0 Å². The van der Waals surface area contributed by atoms with Gasteiger partial charge in [0.25, 0.3) is 0 Å². The Morgan fingerprint density at radius 1 is 0.929 bits per heavy atom. The first-order valence-corrected chi connectivity index (χ1v) is 16.0. The van der Waals surface area contributed by atoms with E-state index in [2.05, 4.69) is 10.6 Å². The maximum atomic E-state index is 14.1. The highest BCUT2D eigenvalue weighted by molar-refractivity contribution is 7.89. The summed E-state index contributed by atoms with van der Waals surface area (Å²) in [6.45, 7) is 1.50. The fourth-order valence-corrected chi connectivity index (χ4v) is 8.59. The van der Waals surface area contributed by atoms with E-state index in [1.807, 2.05) is 0 Å². The molecule has 11 nitrogen and oxygen atoms in total. The van der Waals surface area contributed by atoms with Gasteiger partial charge in [-0.25, -0.2) is 13.2 Å². The summed E-state index contributed by atoms with van der Waals surface area (Å²) in [5.41, 5.74) is 0.451. The number of carbonyl (C=O) groups excluding carboxylic acids is 2. The first kappa shape index (κ1) is 30.5. The molecule has 4 atom stereocenters. The van der Waals surface area contributed by atoms with Crippen molar-refractivity contribution in [3.63, 3.8) is 0 Å². The molecule has 0 bridgehead atoms. The maximum Gasteiger partial charge on any atom is 0.460 e. The van der Waals surface area contributed by atoms with Crippen LogP contribution in [0.25, 0.3) is 0 Å². The number of sulfonamides is 1. The van der Waals surface area contributed by atoms with E-state index in [0.717, 1.165) is 19.3 Å². The van der Waals surface area contributed by atoms with Crippen LogP contribution >= 0.6 is 0 Å². The molecule has 4 saturated heterocycles. The Kier molecular flexibility index (Phi) is 8.70. The molecule has 0 radical (unpaired) electrons. The smallest absolute Gasteiger partial charge is 0.342 e. The monoisotopic (exact) mass is 615 g/mol. The molecular weight excluding hydrogens is 577 g/mol. The molecule has 1 aromatic carbocycles. The number of hydrogen-bond acceptors (Lipinski definition) is 5. The van der Waals surface area contributed by atoms with E-state index in [-0.39, 0.29) is 41.2 Å². The van der Waals surface area contributed by atoms with Crippen LogP contribution in [0.1, 0.15) is 44.9 Å². The second kappa shape index (κ2) is 12.0. The molecule has 4 aliphatic heterocycles. The zero-order chi connectivity index (χ0) is 30.2. The molecule has 3 amide bonds. The molecule has 4 heterocycles. The Hall–Kier alpha value is -2.94. The van der Waals surface area contributed by atoms with Crippen LogP contribution < -0.4 is 10.6 Å². The fraction of sp³-hybridized carbons (Fsp3) is 0.704. The minimum atomic E-state index is -4.83. The number of rotatable bonds is 5. The Labute approximate surface area is 243 Å². The molecule has 0 aliphatic carbocycles. The van der Waals surface area contributed by atoms with Crippen LogP contribution in [0.4, 0.5) is 23.7 Å². The summed E-state index contributed by atoms with van der Waals surface area (Å²) in [5.74, 6) is -1.98. The molecule has 1 aromatic rings. The molecule has 232 valence electrons. The zero-order valence-corrected chi connectivity index (χ0v) is 24.4. The third kappa shape index (κ3) is 5.94. The van der Waals surface area contributed by atoms with Gasteiger partial charge in [-0.3, -0.25) is 4.79 Å². The van der Waals surface area contributed by atoms with E-state index in [1.165, 1.54) is 45.5 Å². The summed E-state index contributed by atoms with van der Waals surface area (Å²) in [6.07, 6.45) is -0.521. The SMILES string of the molecule is CNC(=O)Nc1ccc(S(=O)(=O)N2CCC(C3CCN4C(C3)C(C(=O)N3CCCCC3)C(C(F)(F)F)[N+]4=O)CC2)cc1. The topological polar surface area (TPSA) is 122 Å². The van der Waals surface area contributed by atoms with Crippen molar-refractivity contribution >= 4 is 27.6 Å². The number of nitrogens with zero attached hydrogens (tertiary/aromatic N) is 4. The first-order chi connectivity index (χ1) is 19.9. The number of hydrogen-bond donors (Lipinski definition) is 2. The lowest BCUT2D eigenvalue weighted by atomic mass is 9.74. The number of benzene rings is 1. The predicted octanol–water partition coefficient (Wildman–Crippen LogP) is 3.19. The van der Waals surface area contributed by atoms with E-state index in [4.69, 9.17) is 0 Å². The Bertz CT molecular complexity index is 1280. The number of nitrogens with one attached hydrogen (secondary N) is 2. The number of hydrazine groups is 1. The van der Waals surface area contributed by atoms with E-state index in [0.29, 0.717) is 44.5 Å². The number of anilines is 1. The van der Waals surface area contributed by atoms with Crippen LogP contribution in [0.3, 0.4) is 0 Å². The minimum absolute atomic E-state index is 0.0109. The van der Waals surface area contributed by atoms with Crippen molar-refractivity contribution in [3.05, 3.63) is 29.2 Å². The number of nitroso groups, excluding NO2 is 1. The number of fused-ring (bicyclic) bond motifs is 1. The van der Waals surface area contributed by atoms with Crippen molar-refractivity contribution in [2.45, 2.75) is 68.1 Å².